The number of carbonyl (C=O) groups excluding carboxylic acids is 1. The zero-order valence-corrected chi connectivity index (χ0v) is 17.0. The first kappa shape index (κ1) is 21.6. The molecule has 0 saturated heterocycles. The maximum atomic E-state index is 13.9. The van der Waals surface area contributed by atoms with Gasteiger partial charge in [-0.2, -0.15) is 0 Å². The lowest BCUT2D eigenvalue weighted by atomic mass is 9.95. The molecule has 0 aliphatic rings. The van der Waals surface area contributed by atoms with Gasteiger partial charge in [-0.1, -0.05) is 11.6 Å². The zero-order valence-electron chi connectivity index (χ0n) is 16.2. The van der Waals surface area contributed by atoms with Gasteiger partial charge in [0.05, 0.1) is 17.9 Å². The van der Waals surface area contributed by atoms with E-state index in [9.17, 15) is 18.4 Å². The minimum atomic E-state index is -1.43. The van der Waals surface area contributed by atoms with Crippen LogP contribution in [0.15, 0.2) is 35.4 Å². The van der Waals surface area contributed by atoms with Crippen molar-refractivity contribution in [3.05, 3.63) is 80.2 Å². The number of hydrogen-bond donors (Lipinski definition) is 0. The van der Waals surface area contributed by atoms with Gasteiger partial charge in [0.25, 0.3) is 5.56 Å². The van der Waals surface area contributed by atoms with Gasteiger partial charge in [0.15, 0.2) is 11.6 Å². The first-order valence-electron chi connectivity index (χ1n) is 8.73. The van der Waals surface area contributed by atoms with Crippen LogP contribution in [-0.4, -0.2) is 28.2 Å². The molecule has 2 radical (unpaired) electrons. The summed E-state index contributed by atoms with van der Waals surface area (Å²) in [5, 5.41) is -0.306. The number of ether oxygens (including phenoxy) is 1. The van der Waals surface area contributed by atoms with Crippen molar-refractivity contribution in [2.24, 2.45) is 0 Å². The lowest BCUT2D eigenvalue weighted by molar-refractivity contribution is 0.101. The minimum Gasteiger partial charge on any atom is -0.492 e. The summed E-state index contributed by atoms with van der Waals surface area (Å²) in [5.41, 5.74) is 0.715. The molecule has 3 aromatic rings. The van der Waals surface area contributed by atoms with Crippen LogP contribution in [-0.2, 0) is 0 Å². The molecular weight excluding hydrogens is 414 g/mol. The summed E-state index contributed by atoms with van der Waals surface area (Å²) < 4.78 is 33.7. The maximum absolute atomic E-state index is 13.9. The smallest absolute Gasteiger partial charge is 0.277 e. The number of rotatable bonds is 5. The van der Waals surface area contributed by atoms with E-state index in [2.05, 4.69) is 9.97 Å². The van der Waals surface area contributed by atoms with Crippen molar-refractivity contribution in [3.8, 4) is 11.4 Å². The van der Waals surface area contributed by atoms with Crippen LogP contribution >= 0.6 is 11.6 Å². The molecule has 10 heteroatoms. The van der Waals surface area contributed by atoms with Crippen molar-refractivity contribution in [1.82, 2.24) is 14.5 Å². The number of aryl methyl sites for hydroxylation is 2. The van der Waals surface area contributed by atoms with Crippen molar-refractivity contribution in [3.63, 3.8) is 0 Å². The zero-order chi connectivity index (χ0) is 22.2. The van der Waals surface area contributed by atoms with Crippen molar-refractivity contribution in [1.29, 1.82) is 0 Å². The summed E-state index contributed by atoms with van der Waals surface area (Å²) in [6, 6.07) is 2.13. The van der Waals surface area contributed by atoms with Gasteiger partial charge < -0.3 is 4.74 Å². The second-order valence-corrected chi connectivity index (χ2v) is 6.95. The van der Waals surface area contributed by atoms with Gasteiger partial charge in [-0.15, -0.1) is 0 Å². The van der Waals surface area contributed by atoms with Crippen LogP contribution in [0.4, 0.5) is 8.78 Å². The molecule has 1 atom stereocenters. The molecular formula is C20H15BClF2N3O3. The van der Waals surface area contributed by atoms with Crippen molar-refractivity contribution >= 4 is 25.2 Å². The lowest BCUT2D eigenvalue weighted by Gasteiger charge is -2.19. The fourth-order valence-electron chi connectivity index (χ4n) is 2.84. The van der Waals surface area contributed by atoms with E-state index in [1.54, 1.807) is 13.8 Å². The van der Waals surface area contributed by atoms with Gasteiger partial charge in [-0.3, -0.25) is 24.1 Å². The van der Waals surface area contributed by atoms with E-state index in [-0.39, 0.29) is 27.9 Å². The average Bonchev–Trinajstić information content (AvgIpc) is 2.67. The van der Waals surface area contributed by atoms with Crippen LogP contribution < -0.4 is 10.3 Å². The fraction of sp³-hybridized carbons (Fsp3) is 0.200. The summed E-state index contributed by atoms with van der Waals surface area (Å²) in [4.78, 5) is 32.2. The Labute approximate surface area is 176 Å². The first-order valence-corrected chi connectivity index (χ1v) is 9.11. The highest BCUT2D eigenvalue weighted by molar-refractivity contribution is 6.31. The molecule has 152 valence electrons. The number of aromatic nitrogens is 3. The molecule has 3 heterocycles. The molecule has 0 aromatic carbocycles. The molecule has 0 aliphatic heterocycles. The van der Waals surface area contributed by atoms with Gasteiger partial charge in [0.2, 0.25) is 0 Å². The lowest BCUT2D eigenvalue weighted by Crippen LogP contribution is -2.24. The monoisotopic (exact) mass is 429 g/mol. The Morgan fingerprint density at radius 2 is 1.90 bits per heavy atom. The Hall–Kier alpha value is -3.07. The Kier molecular flexibility index (Phi) is 6.03. The quantitative estimate of drug-likeness (QED) is 0.457. The van der Waals surface area contributed by atoms with E-state index in [1.807, 2.05) is 0 Å². The molecule has 3 rings (SSSR count). The maximum Gasteiger partial charge on any atom is 0.277 e. The predicted octanol–water partition coefficient (Wildman–Crippen LogP) is 3.62. The Bertz CT molecular complexity index is 1220. The third-order valence-corrected chi connectivity index (χ3v) is 4.68. The standard InChI is InChI=1S/C20H15BClF2N3O3/c1-9-7-25-14(11(3)28)6-15(9)27-10(2)4-16(17(22)20(27)29)30-19(21)18-13(24)5-12(23)8-26-18/h4-8,19H,1-3H3. The topological polar surface area (TPSA) is 74.1 Å². The summed E-state index contributed by atoms with van der Waals surface area (Å²) in [6.07, 6.45) is 2.28. The highest BCUT2D eigenvalue weighted by atomic mass is 35.5. The molecule has 6 nitrogen and oxygen atoms in total. The summed E-state index contributed by atoms with van der Waals surface area (Å²) in [6.45, 7) is 4.72. The van der Waals surface area contributed by atoms with Gasteiger partial charge in [0.1, 0.15) is 35.8 Å². The van der Waals surface area contributed by atoms with Crippen LogP contribution in [0.1, 0.15) is 40.4 Å². The molecule has 0 fully saturated rings. The van der Waals surface area contributed by atoms with Crippen LogP contribution in [0.2, 0.25) is 5.02 Å². The molecule has 0 saturated carbocycles. The normalized spacial score (nSPS) is 11.9. The molecule has 0 amide bonds. The Morgan fingerprint density at radius 3 is 2.53 bits per heavy atom. The van der Waals surface area contributed by atoms with Gasteiger partial charge >= 0.3 is 0 Å². The van der Waals surface area contributed by atoms with E-state index in [0.29, 0.717) is 23.0 Å². The van der Waals surface area contributed by atoms with E-state index in [4.69, 9.17) is 24.2 Å². The van der Waals surface area contributed by atoms with Crippen LogP contribution in [0.3, 0.4) is 0 Å². The van der Waals surface area contributed by atoms with Gasteiger partial charge in [-0.05, 0) is 25.5 Å². The summed E-state index contributed by atoms with van der Waals surface area (Å²) in [7, 11) is 5.81. The van der Waals surface area contributed by atoms with Crippen LogP contribution in [0, 0.1) is 25.5 Å². The third kappa shape index (κ3) is 4.11. The molecule has 0 N–H and O–H groups in total. The second kappa shape index (κ2) is 8.35. The largest absolute Gasteiger partial charge is 0.492 e. The minimum absolute atomic E-state index is 0.0908. The molecule has 30 heavy (non-hydrogen) atoms. The van der Waals surface area contributed by atoms with E-state index < -0.39 is 23.2 Å². The highest BCUT2D eigenvalue weighted by Crippen LogP contribution is 2.28. The van der Waals surface area contributed by atoms with Gasteiger partial charge in [0, 0.05) is 30.9 Å². The molecule has 0 aliphatic carbocycles. The number of Topliss-reactive ketones (excluding diaryl/α,β-unsaturated/α-hetero) is 1. The number of halogens is 3. The number of carbonyl (C=O) groups is 1. The Morgan fingerprint density at radius 1 is 1.20 bits per heavy atom. The molecule has 3 aromatic heterocycles. The molecule has 0 spiro atoms. The Balaban J connectivity index is 2.05. The predicted molar refractivity (Wildman–Crippen MR) is 108 cm³/mol. The highest BCUT2D eigenvalue weighted by Gasteiger charge is 2.20. The van der Waals surface area contributed by atoms with Crippen LogP contribution in [0.5, 0.6) is 5.75 Å². The van der Waals surface area contributed by atoms with E-state index in [1.165, 1.54) is 29.8 Å². The van der Waals surface area contributed by atoms with Crippen molar-refractivity contribution in [2.75, 3.05) is 0 Å². The number of ketones is 1. The average molecular weight is 430 g/mol. The van der Waals surface area contributed by atoms with E-state index in [0.717, 1.165) is 6.20 Å². The van der Waals surface area contributed by atoms with E-state index >= 15 is 0 Å². The van der Waals surface area contributed by atoms with Crippen LogP contribution in [0.25, 0.3) is 5.69 Å². The number of pyridine rings is 3. The number of hydrogen-bond acceptors (Lipinski definition) is 5. The second-order valence-electron chi connectivity index (χ2n) is 6.58. The number of nitrogens with zero attached hydrogens (tertiary/aromatic N) is 3. The molecule has 1 unspecified atom stereocenters. The summed E-state index contributed by atoms with van der Waals surface area (Å²) >= 11 is 6.20. The fourth-order valence-corrected chi connectivity index (χ4v) is 3.02. The third-order valence-electron chi connectivity index (χ3n) is 4.34. The van der Waals surface area contributed by atoms with Crippen molar-refractivity contribution in [2.45, 2.75) is 26.8 Å². The van der Waals surface area contributed by atoms with Gasteiger partial charge in [-0.25, -0.2) is 8.78 Å². The SMILES string of the molecule is [B]C(Oc1cc(C)n(-c2cc(C(C)=O)ncc2C)c(=O)c1Cl)c1ncc(F)cc1F. The summed E-state index contributed by atoms with van der Waals surface area (Å²) in [5.74, 6) is -2.20. The first-order chi connectivity index (χ1) is 14.1. The van der Waals surface area contributed by atoms with Crippen molar-refractivity contribution < 1.29 is 18.3 Å². The molecule has 0 bridgehead atoms.